The van der Waals surface area contributed by atoms with Gasteiger partial charge in [-0.2, -0.15) is 0 Å². The van der Waals surface area contributed by atoms with Crippen molar-refractivity contribution in [2.24, 2.45) is 5.92 Å². The minimum atomic E-state index is 0.572. The third-order valence-electron chi connectivity index (χ3n) is 3.58. The molecule has 1 nitrogen and oxygen atoms in total. The summed E-state index contributed by atoms with van der Waals surface area (Å²) in [6.07, 6.45) is 11.6. The maximum absolute atomic E-state index is 5.91. The molecule has 2 saturated carbocycles. The molecule has 14 heavy (non-hydrogen) atoms. The van der Waals surface area contributed by atoms with Gasteiger partial charge in [-0.05, 0) is 31.6 Å². The molecule has 0 N–H and O–H groups in total. The fraction of sp³-hybridized carbons (Fsp3) is 1.00. The molecule has 0 unspecified atom stereocenters. The Morgan fingerprint density at radius 1 is 1.00 bits per heavy atom. The fourth-order valence-electron chi connectivity index (χ4n) is 2.44. The van der Waals surface area contributed by atoms with Crippen LogP contribution in [0.1, 0.15) is 51.4 Å². The molecule has 0 radical (unpaired) electrons. The number of hydrogen-bond acceptors (Lipinski definition) is 1. The van der Waals surface area contributed by atoms with Crippen LogP contribution in [0.5, 0.6) is 0 Å². The first-order valence-corrected chi connectivity index (χ1v) is 7.02. The van der Waals surface area contributed by atoms with Gasteiger partial charge in [0.2, 0.25) is 0 Å². The van der Waals surface area contributed by atoms with Gasteiger partial charge in [0.1, 0.15) is 0 Å². The molecule has 82 valence electrons. The lowest BCUT2D eigenvalue weighted by Crippen LogP contribution is -2.33. The van der Waals surface area contributed by atoms with Crippen LogP contribution in [0.2, 0.25) is 0 Å². The summed E-state index contributed by atoms with van der Waals surface area (Å²) in [6, 6.07) is 0. The highest BCUT2D eigenvalue weighted by atomic mass is 79.9. The van der Waals surface area contributed by atoms with Crippen LogP contribution in [0.4, 0.5) is 0 Å². The molecule has 2 heteroatoms. The molecule has 0 bridgehead atoms. The average molecular weight is 261 g/mol. The highest BCUT2D eigenvalue weighted by Crippen LogP contribution is 2.31. The van der Waals surface area contributed by atoms with Crippen molar-refractivity contribution < 1.29 is 4.74 Å². The second-order valence-electron chi connectivity index (χ2n) is 4.88. The van der Waals surface area contributed by atoms with Crippen LogP contribution in [0.15, 0.2) is 0 Å². The van der Waals surface area contributed by atoms with Gasteiger partial charge in [0.25, 0.3) is 0 Å². The zero-order valence-corrected chi connectivity index (χ0v) is 10.5. The van der Waals surface area contributed by atoms with Crippen LogP contribution in [0.3, 0.4) is 0 Å². The number of rotatable bonds is 3. The predicted octanol–water partition coefficient (Wildman–Crippen LogP) is 3.90. The Hall–Kier alpha value is 0.440. The maximum atomic E-state index is 5.91. The Labute approximate surface area is 95.7 Å². The van der Waals surface area contributed by atoms with Crippen molar-refractivity contribution in [3.8, 4) is 0 Å². The van der Waals surface area contributed by atoms with Gasteiger partial charge in [-0.25, -0.2) is 0 Å². The van der Waals surface area contributed by atoms with Gasteiger partial charge in [0.05, 0.1) is 6.10 Å². The minimum absolute atomic E-state index is 0.572. The molecule has 0 amide bonds. The second kappa shape index (κ2) is 5.50. The Morgan fingerprint density at radius 2 is 1.64 bits per heavy atom. The zero-order valence-electron chi connectivity index (χ0n) is 8.88. The lowest BCUT2D eigenvalue weighted by atomic mass is 9.95. The molecule has 0 aromatic rings. The van der Waals surface area contributed by atoms with E-state index in [2.05, 4.69) is 15.9 Å². The number of hydrogen-bond donors (Lipinski definition) is 0. The second-order valence-corrected chi connectivity index (χ2v) is 6.18. The van der Waals surface area contributed by atoms with E-state index in [9.17, 15) is 0 Å². The van der Waals surface area contributed by atoms with E-state index in [1.807, 2.05) is 0 Å². The summed E-state index contributed by atoms with van der Waals surface area (Å²) in [6.45, 7) is 1.03. The van der Waals surface area contributed by atoms with E-state index in [1.165, 1.54) is 51.4 Å². The zero-order chi connectivity index (χ0) is 9.80. The smallest absolute Gasteiger partial charge is 0.0596 e. The van der Waals surface area contributed by atoms with Crippen LogP contribution >= 0.6 is 15.9 Å². The standard InChI is InChI=1S/C12H21BrO/c13-11-7-12(8-11)14-9-10-5-3-1-2-4-6-10/h10-12H,1-9H2. The molecule has 2 fully saturated rings. The van der Waals surface area contributed by atoms with Crippen molar-refractivity contribution in [3.63, 3.8) is 0 Å². The Kier molecular flexibility index (Phi) is 4.30. The van der Waals surface area contributed by atoms with Gasteiger partial charge < -0.3 is 4.74 Å². The number of ether oxygens (including phenoxy) is 1. The van der Waals surface area contributed by atoms with Crippen LogP contribution in [-0.4, -0.2) is 17.5 Å². The van der Waals surface area contributed by atoms with Gasteiger partial charge in [-0.1, -0.05) is 41.6 Å². The summed E-state index contributed by atoms with van der Waals surface area (Å²) in [5.41, 5.74) is 0. The first kappa shape index (κ1) is 10.9. The van der Waals surface area contributed by atoms with Gasteiger partial charge in [0.15, 0.2) is 0 Å². The Balaban J connectivity index is 1.59. The average Bonchev–Trinajstić information content (AvgIpc) is 2.38. The molecule has 0 aromatic carbocycles. The molecule has 2 aliphatic rings. The quantitative estimate of drug-likeness (QED) is 0.553. The lowest BCUT2D eigenvalue weighted by Gasteiger charge is -2.32. The van der Waals surface area contributed by atoms with E-state index in [0.717, 1.165) is 17.4 Å². The summed E-state index contributed by atoms with van der Waals surface area (Å²) in [7, 11) is 0. The first-order chi connectivity index (χ1) is 6.84. The first-order valence-electron chi connectivity index (χ1n) is 6.10. The van der Waals surface area contributed by atoms with Crippen LogP contribution < -0.4 is 0 Å². The van der Waals surface area contributed by atoms with E-state index >= 15 is 0 Å². The normalized spacial score (nSPS) is 34.9. The third kappa shape index (κ3) is 3.23. The Morgan fingerprint density at radius 3 is 2.21 bits per heavy atom. The largest absolute Gasteiger partial charge is 0.378 e. The predicted molar refractivity (Wildman–Crippen MR) is 62.9 cm³/mol. The highest BCUT2D eigenvalue weighted by Gasteiger charge is 2.28. The van der Waals surface area contributed by atoms with Crippen LogP contribution in [0, 0.1) is 5.92 Å². The van der Waals surface area contributed by atoms with Gasteiger partial charge in [-0.15, -0.1) is 0 Å². The van der Waals surface area contributed by atoms with Crippen molar-refractivity contribution >= 4 is 15.9 Å². The fourth-order valence-corrected chi connectivity index (χ4v) is 3.27. The molecule has 0 aromatic heterocycles. The molecule has 0 spiro atoms. The lowest BCUT2D eigenvalue weighted by molar-refractivity contribution is -0.0136. The molecule has 0 saturated heterocycles. The molecule has 2 aliphatic carbocycles. The molecule has 0 heterocycles. The van der Waals surface area contributed by atoms with E-state index in [-0.39, 0.29) is 0 Å². The highest BCUT2D eigenvalue weighted by molar-refractivity contribution is 9.09. The van der Waals surface area contributed by atoms with Crippen molar-refractivity contribution in [2.75, 3.05) is 6.61 Å². The van der Waals surface area contributed by atoms with E-state index < -0.39 is 0 Å². The summed E-state index contributed by atoms with van der Waals surface area (Å²) in [5.74, 6) is 0.867. The van der Waals surface area contributed by atoms with Crippen LogP contribution in [0.25, 0.3) is 0 Å². The molecule has 0 atom stereocenters. The SMILES string of the molecule is BrC1CC(OCC2CCCCCC2)C1. The van der Waals surface area contributed by atoms with Gasteiger partial charge in [-0.3, -0.25) is 0 Å². The van der Waals surface area contributed by atoms with Crippen molar-refractivity contribution in [3.05, 3.63) is 0 Å². The third-order valence-corrected chi connectivity index (χ3v) is 4.33. The van der Waals surface area contributed by atoms with E-state index in [1.54, 1.807) is 0 Å². The summed E-state index contributed by atoms with van der Waals surface area (Å²) >= 11 is 3.60. The molecular formula is C12H21BrO. The van der Waals surface area contributed by atoms with E-state index in [4.69, 9.17) is 4.74 Å². The van der Waals surface area contributed by atoms with Crippen molar-refractivity contribution in [2.45, 2.75) is 62.3 Å². The number of halogens is 1. The number of alkyl halides is 1. The summed E-state index contributed by atoms with van der Waals surface area (Å²) in [5, 5.41) is 0. The minimum Gasteiger partial charge on any atom is -0.378 e. The maximum Gasteiger partial charge on any atom is 0.0596 e. The summed E-state index contributed by atoms with van der Waals surface area (Å²) in [4.78, 5) is 0.738. The van der Waals surface area contributed by atoms with Crippen LogP contribution in [-0.2, 0) is 4.74 Å². The topological polar surface area (TPSA) is 9.23 Å². The Bertz CT molecular complexity index is 158. The van der Waals surface area contributed by atoms with Crippen molar-refractivity contribution in [1.29, 1.82) is 0 Å². The molecular weight excluding hydrogens is 240 g/mol. The monoisotopic (exact) mass is 260 g/mol. The summed E-state index contributed by atoms with van der Waals surface area (Å²) < 4.78 is 5.91. The van der Waals surface area contributed by atoms with Gasteiger partial charge >= 0.3 is 0 Å². The molecule has 0 aliphatic heterocycles. The van der Waals surface area contributed by atoms with E-state index in [0.29, 0.717) is 6.10 Å². The molecule has 2 rings (SSSR count). The van der Waals surface area contributed by atoms with Gasteiger partial charge in [0, 0.05) is 11.4 Å². The van der Waals surface area contributed by atoms with Crippen molar-refractivity contribution in [1.82, 2.24) is 0 Å².